The third-order valence-electron chi connectivity index (χ3n) is 8.31. The van der Waals surface area contributed by atoms with E-state index in [1.165, 1.54) is 24.0 Å². The molecule has 0 saturated heterocycles. The molecular weight excluding hydrogens is 597 g/mol. The Labute approximate surface area is 264 Å². The first-order chi connectivity index (χ1) is 21.7. The third kappa shape index (κ3) is 8.13. The van der Waals surface area contributed by atoms with Crippen LogP contribution in [0, 0.1) is 5.82 Å². The van der Waals surface area contributed by atoms with E-state index in [9.17, 15) is 18.0 Å². The number of halogens is 1. The largest absolute Gasteiger partial charge is 0.486 e. The molecule has 9 nitrogen and oxygen atoms in total. The van der Waals surface area contributed by atoms with Gasteiger partial charge in [-0.3, -0.25) is 13.9 Å². The number of hydrogen-bond donors (Lipinski definition) is 1. The molecule has 2 amide bonds. The number of ether oxygens (including phenoxy) is 2. The highest BCUT2D eigenvalue weighted by Gasteiger charge is 2.35. The summed E-state index contributed by atoms with van der Waals surface area (Å²) in [6.45, 7) is 1.37. The van der Waals surface area contributed by atoms with Crippen molar-refractivity contribution >= 4 is 27.5 Å². The van der Waals surface area contributed by atoms with E-state index in [0.29, 0.717) is 24.7 Å². The average Bonchev–Trinajstić information content (AvgIpc) is 3.06. The van der Waals surface area contributed by atoms with Gasteiger partial charge in [0.2, 0.25) is 21.8 Å². The molecule has 1 aliphatic heterocycles. The lowest BCUT2D eigenvalue weighted by Crippen LogP contribution is -2.55. The molecular formula is C34H40FN3O6S. The second kappa shape index (κ2) is 14.8. The van der Waals surface area contributed by atoms with Crippen LogP contribution in [0.5, 0.6) is 11.5 Å². The van der Waals surface area contributed by atoms with E-state index < -0.39 is 34.3 Å². The Hall–Kier alpha value is -4.12. The summed E-state index contributed by atoms with van der Waals surface area (Å²) in [5.74, 6) is -0.915. The van der Waals surface area contributed by atoms with Crippen molar-refractivity contribution in [2.45, 2.75) is 64.1 Å². The first-order valence-electron chi connectivity index (χ1n) is 15.5. The minimum absolute atomic E-state index is 0.0235. The van der Waals surface area contributed by atoms with Crippen molar-refractivity contribution in [3.8, 4) is 11.5 Å². The molecule has 1 atom stereocenters. The van der Waals surface area contributed by atoms with Crippen molar-refractivity contribution < 1.29 is 31.9 Å². The van der Waals surface area contributed by atoms with E-state index in [1.54, 1.807) is 30.3 Å². The summed E-state index contributed by atoms with van der Waals surface area (Å²) < 4.78 is 54.2. The van der Waals surface area contributed by atoms with Gasteiger partial charge in [0, 0.05) is 30.6 Å². The van der Waals surface area contributed by atoms with Gasteiger partial charge in [0.15, 0.2) is 11.5 Å². The smallest absolute Gasteiger partial charge is 0.244 e. The lowest BCUT2D eigenvalue weighted by atomic mass is 9.94. The molecule has 2 aliphatic rings. The van der Waals surface area contributed by atoms with Crippen LogP contribution in [0.3, 0.4) is 0 Å². The normalized spacial score (nSPS) is 15.6. The summed E-state index contributed by atoms with van der Waals surface area (Å²) in [5.41, 5.74) is 1.27. The number of amides is 2. The fourth-order valence-electron chi connectivity index (χ4n) is 5.82. The SMILES string of the molecule is CCS(=O)(=O)N(CC(=O)N(Cc1ccccc1F)[C@H](Cc1ccccc1)C(=O)NC1CCCCC1)c1ccc2c(c1)OCCO2. The van der Waals surface area contributed by atoms with E-state index in [0.717, 1.165) is 42.0 Å². The summed E-state index contributed by atoms with van der Waals surface area (Å²) in [6, 6.07) is 19.1. The van der Waals surface area contributed by atoms with Gasteiger partial charge in [-0.15, -0.1) is 0 Å². The lowest BCUT2D eigenvalue weighted by Gasteiger charge is -2.35. The number of anilines is 1. The number of benzene rings is 3. The summed E-state index contributed by atoms with van der Waals surface area (Å²) >= 11 is 0. The first-order valence-corrected chi connectivity index (χ1v) is 17.1. The van der Waals surface area contributed by atoms with Gasteiger partial charge in [-0.2, -0.15) is 0 Å². The Morgan fingerprint density at radius 1 is 0.933 bits per heavy atom. The molecule has 1 saturated carbocycles. The number of sulfonamides is 1. The van der Waals surface area contributed by atoms with Gasteiger partial charge >= 0.3 is 0 Å². The predicted molar refractivity (Wildman–Crippen MR) is 170 cm³/mol. The Balaban J connectivity index is 1.52. The van der Waals surface area contributed by atoms with Crippen LogP contribution in [-0.4, -0.2) is 62.7 Å². The zero-order chi connectivity index (χ0) is 31.8. The molecule has 45 heavy (non-hydrogen) atoms. The molecule has 0 radical (unpaired) electrons. The van der Waals surface area contributed by atoms with Crippen molar-refractivity contribution in [3.05, 3.63) is 89.7 Å². The topological polar surface area (TPSA) is 105 Å². The Morgan fingerprint density at radius 2 is 1.62 bits per heavy atom. The number of hydrogen-bond acceptors (Lipinski definition) is 6. The van der Waals surface area contributed by atoms with Crippen LogP contribution in [0.1, 0.15) is 50.2 Å². The van der Waals surface area contributed by atoms with Crippen molar-refractivity contribution in [3.63, 3.8) is 0 Å². The molecule has 0 unspecified atom stereocenters. The molecule has 3 aromatic rings. The van der Waals surface area contributed by atoms with Gasteiger partial charge in [-0.05, 0) is 43.5 Å². The van der Waals surface area contributed by atoms with E-state index in [-0.39, 0.29) is 41.9 Å². The molecule has 1 heterocycles. The van der Waals surface area contributed by atoms with Crippen LogP contribution in [0.4, 0.5) is 10.1 Å². The van der Waals surface area contributed by atoms with E-state index in [1.807, 2.05) is 30.3 Å². The van der Waals surface area contributed by atoms with Crippen LogP contribution < -0.4 is 19.1 Å². The minimum Gasteiger partial charge on any atom is -0.486 e. The van der Waals surface area contributed by atoms with Crippen LogP contribution in [0.15, 0.2) is 72.8 Å². The fourth-order valence-corrected chi connectivity index (χ4v) is 6.87. The second-order valence-corrected chi connectivity index (χ2v) is 13.6. The van der Waals surface area contributed by atoms with Gasteiger partial charge in [-0.25, -0.2) is 12.8 Å². The highest BCUT2D eigenvalue weighted by Crippen LogP contribution is 2.35. The number of nitrogens with one attached hydrogen (secondary N) is 1. The lowest BCUT2D eigenvalue weighted by molar-refractivity contribution is -0.140. The van der Waals surface area contributed by atoms with Gasteiger partial charge in [0.1, 0.15) is 31.6 Å². The second-order valence-electron chi connectivity index (χ2n) is 11.4. The van der Waals surface area contributed by atoms with Crippen LogP contribution in [-0.2, 0) is 32.6 Å². The molecule has 0 bridgehead atoms. The maximum atomic E-state index is 15.0. The quantitative estimate of drug-likeness (QED) is 0.305. The molecule has 0 spiro atoms. The van der Waals surface area contributed by atoms with Crippen LogP contribution in [0.2, 0.25) is 0 Å². The summed E-state index contributed by atoms with van der Waals surface area (Å²) in [5, 5.41) is 3.15. The van der Waals surface area contributed by atoms with Crippen LogP contribution >= 0.6 is 0 Å². The Kier molecular flexibility index (Phi) is 10.6. The summed E-state index contributed by atoms with van der Waals surface area (Å²) in [6.07, 6.45) is 4.98. The Bertz CT molecular complexity index is 1580. The Morgan fingerprint density at radius 3 is 2.33 bits per heavy atom. The highest BCUT2D eigenvalue weighted by molar-refractivity contribution is 7.92. The number of fused-ring (bicyclic) bond motifs is 1. The van der Waals surface area contributed by atoms with Crippen molar-refractivity contribution in [1.82, 2.24) is 10.2 Å². The van der Waals surface area contributed by atoms with Gasteiger partial charge in [-0.1, -0.05) is 67.8 Å². The standard InChI is InChI=1S/C34H40FN3O6S/c1-2-45(41,42)38(28-17-18-31-32(22-28)44-20-19-43-31)24-33(39)37(23-26-13-9-10-16-29(26)35)30(21-25-11-5-3-6-12-25)34(40)36-27-14-7-4-8-15-27/h3,5-6,9-13,16-18,22,27,30H,2,4,7-8,14-15,19-21,23-24H2,1H3,(H,36,40)/t30-/m1/s1. The molecule has 11 heteroatoms. The number of rotatable bonds is 12. The number of carbonyl (C=O) groups excluding carboxylic acids is 2. The summed E-state index contributed by atoms with van der Waals surface area (Å²) in [4.78, 5) is 29.7. The van der Waals surface area contributed by atoms with E-state index >= 15 is 4.39 Å². The van der Waals surface area contributed by atoms with Gasteiger partial charge < -0.3 is 19.7 Å². The van der Waals surface area contributed by atoms with Gasteiger partial charge in [0.05, 0.1) is 11.4 Å². The zero-order valence-electron chi connectivity index (χ0n) is 25.5. The maximum Gasteiger partial charge on any atom is 0.244 e. The molecule has 1 N–H and O–H groups in total. The predicted octanol–water partition coefficient (Wildman–Crippen LogP) is 4.84. The highest BCUT2D eigenvalue weighted by atomic mass is 32.2. The number of nitrogens with zero attached hydrogens (tertiary/aromatic N) is 2. The summed E-state index contributed by atoms with van der Waals surface area (Å²) in [7, 11) is -3.96. The third-order valence-corrected chi connectivity index (χ3v) is 10.1. The maximum absolute atomic E-state index is 15.0. The zero-order valence-corrected chi connectivity index (χ0v) is 26.3. The molecule has 3 aromatic carbocycles. The van der Waals surface area contributed by atoms with E-state index in [2.05, 4.69) is 5.32 Å². The van der Waals surface area contributed by atoms with E-state index in [4.69, 9.17) is 9.47 Å². The molecule has 0 aromatic heterocycles. The average molecular weight is 638 g/mol. The van der Waals surface area contributed by atoms with Crippen LogP contribution in [0.25, 0.3) is 0 Å². The molecule has 1 fully saturated rings. The molecule has 5 rings (SSSR count). The first kappa shape index (κ1) is 32.3. The van der Waals surface area contributed by atoms with Gasteiger partial charge in [0.25, 0.3) is 0 Å². The van der Waals surface area contributed by atoms with Crippen molar-refractivity contribution in [1.29, 1.82) is 0 Å². The molecule has 240 valence electrons. The monoisotopic (exact) mass is 637 g/mol. The van der Waals surface area contributed by atoms with Crippen molar-refractivity contribution in [2.75, 3.05) is 29.8 Å². The van der Waals surface area contributed by atoms with Crippen molar-refractivity contribution in [2.24, 2.45) is 0 Å². The fraction of sp³-hybridized carbons (Fsp3) is 0.412. The molecule has 1 aliphatic carbocycles. The number of carbonyl (C=O) groups is 2. The minimum atomic E-state index is -3.96.